The van der Waals surface area contributed by atoms with Crippen LogP contribution in [0.5, 0.6) is 0 Å². The van der Waals surface area contributed by atoms with Gasteiger partial charge in [0, 0.05) is 23.8 Å². The molecule has 0 spiro atoms. The third-order valence-corrected chi connectivity index (χ3v) is 4.44. The Balaban J connectivity index is 1.81. The van der Waals surface area contributed by atoms with Gasteiger partial charge in [-0.25, -0.2) is 0 Å². The zero-order chi connectivity index (χ0) is 14.9. The second-order valence-electron chi connectivity index (χ2n) is 6.16. The van der Waals surface area contributed by atoms with Gasteiger partial charge in [0.15, 0.2) is 0 Å². The normalized spacial score (nSPS) is 19.8. The van der Waals surface area contributed by atoms with Crippen molar-refractivity contribution in [1.82, 2.24) is 0 Å². The van der Waals surface area contributed by atoms with E-state index in [-0.39, 0.29) is 5.41 Å². The van der Waals surface area contributed by atoms with Crippen molar-refractivity contribution in [1.29, 1.82) is 0 Å². The Labute approximate surface area is 127 Å². The molecule has 21 heavy (non-hydrogen) atoms. The van der Waals surface area contributed by atoms with Crippen LogP contribution in [0.1, 0.15) is 19.4 Å². The van der Waals surface area contributed by atoms with Gasteiger partial charge in [-0.2, -0.15) is 0 Å². The van der Waals surface area contributed by atoms with Crippen LogP contribution >= 0.6 is 0 Å². The van der Waals surface area contributed by atoms with Crippen LogP contribution in [-0.2, 0) is 5.41 Å². The Kier molecular flexibility index (Phi) is 3.46. The summed E-state index contributed by atoms with van der Waals surface area (Å²) >= 11 is 0. The van der Waals surface area contributed by atoms with E-state index in [9.17, 15) is 0 Å². The molecule has 0 saturated heterocycles. The summed E-state index contributed by atoms with van der Waals surface area (Å²) in [4.78, 5) is 2.36. The van der Waals surface area contributed by atoms with Gasteiger partial charge < -0.3 is 10.2 Å². The summed E-state index contributed by atoms with van der Waals surface area (Å²) in [6.45, 7) is 4.62. The van der Waals surface area contributed by atoms with Crippen molar-refractivity contribution < 1.29 is 0 Å². The Morgan fingerprint density at radius 2 is 1.67 bits per heavy atom. The minimum absolute atomic E-state index is 0.111. The van der Waals surface area contributed by atoms with Crippen molar-refractivity contribution in [2.24, 2.45) is 0 Å². The molecule has 108 valence electrons. The van der Waals surface area contributed by atoms with Gasteiger partial charge in [-0.3, -0.25) is 0 Å². The molecule has 0 aromatic heterocycles. The number of fused-ring (bicyclic) bond motifs is 1. The zero-order valence-corrected chi connectivity index (χ0v) is 12.9. The molecule has 0 amide bonds. The molecule has 2 aromatic carbocycles. The molecule has 1 N–H and O–H groups in total. The number of hydrogen-bond acceptors (Lipinski definition) is 2. The molecule has 0 bridgehead atoms. The molecule has 0 saturated carbocycles. The Morgan fingerprint density at radius 1 is 1.00 bits per heavy atom. The minimum Gasteiger partial charge on any atom is -0.367 e. The Hall–Kier alpha value is -2.22. The summed E-state index contributed by atoms with van der Waals surface area (Å²) in [7, 11) is 2.17. The third-order valence-electron chi connectivity index (χ3n) is 4.44. The Bertz CT molecular complexity index is 644. The fourth-order valence-electron chi connectivity index (χ4n) is 3.26. The summed E-state index contributed by atoms with van der Waals surface area (Å²) in [6, 6.07) is 19.3. The first-order valence-electron chi connectivity index (χ1n) is 7.41. The molecule has 2 heteroatoms. The number of nitrogens with zero attached hydrogens (tertiary/aromatic N) is 1. The van der Waals surface area contributed by atoms with E-state index in [0.29, 0.717) is 6.04 Å². The maximum Gasteiger partial charge on any atom is 0.0579 e. The number of rotatable bonds is 3. The van der Waals surface area contributed by atoms with Crippen LogP contribution in [0.2, 0.25) is 0 Å². The molecule has 0 radical (unpaired) electrons. The number of hydrogen-bond donors (Lipinski definition) is 1. The first-order valence-corrected chi connectivity index (χ1v) is 7.41. The highest BCUT2D eigenvalue weighted by Crippen LogP contribution is 2.44. The predicted molar refractivity (Wildman–Crippen MR) is 90.9 cm³/mol. The fourth-order valence-corrected chi connectivity index (χ4v) is 3.26. The molecule has 3 rings (SSSR count). The lowest BCUT2D eigenvalue weighted by molar-refractivity contribution is 0.487. The molecule has 1 atom stereocenters. The number of nitrogens with one attached hydrogen (secondary N) is 1. The lowest BCUT2D eigenvalue weighted by Gasteiger charge is -2.29. The molecule has 1 aliphatic heterocycles. The van der Waals surface area contributed by atoms with Crippen molar-refractivity contribution in [2.75, 3.05) is 17.3 Å². The average molecular weight is 278 g/mol. The molecule has 1 aliphatic rings. The van der Waals surface area contributed by atoms with Crippen molar-refractivity contribution >= 4 is 11.4 Å². The van der Waals surface area contributed by atoms with Gasteiger partial charge in [0.2, 0.25) is 0 Å². The topological polar surface area (TPSA) is 15.3 Å². The standard InChI is InChI=1S/C19H22N2/c1-19(2)16-11-7-8-12-17(16)21(3)18(19)13-14-20-15-9-5-4-6-10-15/h4-14,18,20H,1-3H3/b14-13+/t18-/m0/s1. The number of likely N-dealkylation sites (N-methyl/N-ethyl adjacent to an activating group) is 1. The second-order valence-corrected chi connectivity index (χ2v) is 6.16. The minimum atomic E-state index is 0.111. The largest absolute Gasteiger partial charge is 0.367 e. The summed E-state index contributed by atoms with van der Waals surface area (Å²) in [5.74, 6) is 0. The van der Waals surface area contributed by atoms with E-state index in [4.69, 9.17) is 0 Å². The molecule has 0 aliphatic carbocycles. The smallest absolute Gasteiger partial charge is 0.0579 e. The van der Waals surface area contributed by atoms with Gasteiger partial charge in [-0.15, -0.1) is 0 Å². The van der Waals surface area contributed by atoms with Crippen LogP contribution in [0.4, 0.5) is 11.4 Å². The Morgan fingerprint density at radius 3 is 2.38 bits per heavy atom. The lowest BCUT2D eigenvalue weighted by Crippen LogP contribution is -2.37. The summed E-state index contributed by atoms with van der Waals surface area (Å²) < 4.78 is 0. The highest BCUT2D eigenvalue weighted by atomic mass is 15.2. The third kappa shape index (κ3) is 2.42. The van der Waals surface area contributed by atoms with E-state index >= 15 is 0 Å². The van der Waals surface area contributed by atoms with Crippen LogP contribution in [0.3, 0.4) is 0 Å². The number of anilines is 2. The van der Waals surface area contributed by atoms with Crippen molar-refractivity contribution in [3.05, 3.63) is 72.4 Å². The maximum absolute atomic E-state index is 3.35. The van der Waals surface area contributed by atoms with Gasteiger partial charge in [0.05, 0.1) is 6.04 Å². The highest BCUT2D eigenvalue weighted by Gasteiger charge is 2.41. The first kappa shape index (κ1) is 13.7. The van der Waals surface area contributed by atoms with Crippen LogP contribution < -0.4 is 10.2 Å². The average Bonchev–Trinajstić information content (AvgIpc) is 2.70. The molecule has 0 unspecified atom stereocenters. The van der Waals surface area contributed by atoms with Crippen LogP contribution in [-0.4, -0.2) is 13.1 Å². The molecular weight excluding hydrogens is 256 g/mol. The van der Waals surface area contributed by atoms with Gasteiger partial charge in [-0.1, -0.05) is 50.2 Å². The first-order chi connectivity index (χ1) is 10.1. The van der Waals surface area contributed by atoms with Crippen molar-refractivity contribution in [3.63, 3.8) is 0 Å². The van der Waals surface area contributed by atoms with E-state index in [1.165, 1.54) is 11.3 Å². The summed E-state index contributed by atoms with van der Waals surface area (Å²) in [5, 5.41) is 3.35. The quantitative estimate of drug-likeness (QED) is 0.894. The summed E-state index contributed by atoms with van der Waals surface area (Å²) in [6.07, 6.45) is 4.32. The van der Waals surface area contributed by atoms with Crippen LogP contribution in [0.25, 0.3) is 0 Å². The summed E-state index contributed by atoms with van der Waals surface area (Å²) in [5.41, 5.74) is 3.98. The van der Waals surface area contributed by atoms with Gasteiger partial charge in [-0.05, 0) is 36.0 Å². The SMILES string of the molecule is CN1c2ccccc2C(C)(C)[C@@H]1/C=C/Nc1ccccc1. The molecule has 2 nitrogen and oxygen atoms in total. The van der Waals surface area contributed by atoms with E-state index in [2.05, 4.69) is 79.8 Å². The highest BCUT2D eigenvalue weighted by molar-refractivity contribution is 5.64. The molecule has 1 heterocycles. The monoisotopic (exact) mass is 278 g/mol. The molecular formula is C19H22N2. The molecule has 2 aromatic rings. The second kappa shape index (κ2) is 5.28. The van der Waals surface area contributed by atoms with Crippen molar-refractivity contribution in [2.45, 2.75) is 25.3 Å². The molecule has 0 fully saturated rings. The van der Waals surface area contributed by atoms with E-state index in [1.54, 1.807) is 0 Å². The van der Waals surface area contributed by atoms with Crippen molar-refractivity contribution in [3.8, 4) is 0 Å². The van der Waals surface area contributed by atoms with E-state index in [1.807, 2.05) is 18.2 Å². The van der Waals surface area contributed by atoms with Gasteiger partial charge in [0.25, 0.3) is 0 Å². The van der Waals surface area contributed by atoms with E-state index < -0.39 is 0 Å². The van der Waals surface area contributed by atoms with E-state index in [0.717, 1.165) is 5.69 Å². The maximum atomic E-state index is 3.35. The van der Waals surface area contributed by atoms with Gasteiger partial charge in [0.1, 0.15) is 0 Å². The number of benzene rings is 2. The van der Waals surface area contributed by atoms with Crippen LogP contribution in [0.15, 0.2) is 66.9 Å². The fraction of sp³-hybridized carbons (Fsp3) is 0.263. The van der Waals surface area contributed by atoms with Gasteiger partial charge >= 0.3 is 0 Å². The predicted octanol–water partition coefficient (Wildman–Crippen LogP) is 4.41. The zero-order valence-electron chi connectivity index (χ0n) is 12.9. The van der Waals surface area contributed by atoms with Crippen LogP contribution in [0, 0.1) is 0 Å². The number of para-hydroxylation sites is 2. The lowest BCUT2D eigenvalue weighted by atomic mass is 9.80.